The van der Waals surface area contributed by atoms with Crippen LogP contribution in [0.3, 0.4) is 0 Å². The van der Waals surface area contributed by atoms with Crippen LogP contribution in [-0.2, 0) is 14.2 Å². The summed E-state index contributed by atoms with van der Waals surface area (Å²) in [5.74, 6) is 0.304. The molecule has 1 N–H and O–H groups in total. The molecule has 4 heteroatoms. The van der Waals surface area contributed by atoms with Gasteiger partial charge in [0.2, 0.25) is 0 Å². The van der Waals surface area contributed by atoms with Crippen molar-refractivity contribution in [2.24, 2.45) is 5.92 Å². The molecule has 1 saturated carbocycles. The van der Waals surface area contributed by atoms with Gasteiger partial charge in [-0.1, -0.05) is 19.3 Å². The number of aliphatic hydroxyl groups excluding tert-OH is 1. The third kappa shape index (κ3) is 3.13. The maximum absolute atomic E-state index is 10.6. The third-order valence-corrected chi connectivity index (χ3v) is 5.00. The molecule has 3 atom stereocenters. The maximum Gasteiger partial charge on any atom is 0.107 e. The molecular formula is C15H26O4. The lowest BCUT2D eigenvalue weighted by molar-refractivity contribution is -0.176. The maximum atomic E-state index is 10.6. The number of aliphatic hydroxyl groups is 1. The summed E-state index contributed by atoms with van der Waals surface area (Å²) in [6.07, 6.45) is 7.60. The molecule has 3 unspecified atom stereocenters. The average molecular weight is 270 g/mol. The van der Waals surface area contributed by atoms with Gasteiger partial charge in [-0.2, -0.15) is 0 Å². The van der Waals surface area contributed by atoms with Gasteiger partial charge in [-0.3, -0.25) is 0 Å². The van der Waals surface area contributed by atoms with Crippen LogP contribution in [0.5, 0.6) is 0 Å². The van der Waals surface area contributed by atoms with Crippen LogP contribution < -0.4 is 0 Å². The fraction of sp³-hybridized carbons (Fsp3) is 1.00. The first-order valence-corrected chi connectivity index (χ1v) is 7.80. The number of hydrogen-bond acceptors (Lipinski definition) is 4. The monoisotopic (exact) mass is 270 g/mol. The molecule has 3 aliphatic rings. The second-order valence-electron chi connectivity index (χ2n) is 6.32. The van der Waals surface area contributed by atoms with Gasteiger partial charge in [0.15, 0.2) is 0 Å². The van der Waals surface area contributed by atoms with Crippen LogP contribution in [-0.4, -0.2) is 49.3 Å². The van der Waals surface area contributed by atoms with Crippen molar-refractivity contribution in [2.45, 2.75) is 62.8 Å². The Morgan fingerprint density at radius 1 is 1.05 bits per heavy atom. The molecule has 4 nitrogen and oxygen atoms in total. The molecule has 3 rings (SSSR count). The molecule has 0 radical (unpaired) electrons. The molecule has 0 bridgehead atoms. The van der Waals surface area contributed by atoms with E-state index in [-0.39, 0.29) is 11.7 Å². The second kappa shape index (κ2) is 6.08. The Kier molecular flexibility index (Phi) is 4.42. The van der Waals surface area contributed by atoms with Crippen molar-refractivity contribution in [3.63, 3.8) is 0 Å². The Bertz CT molecular complexity index is 276. The fourth-order valence-electron chi connectivity index (χ4n) is 3.91. The van der Waals surface area contributed by atoms with Crippen molar-refractivity contribution in [1.29, 1.82) is 0 Å². The van der Waals surface area contributed by atoms with Crippen molar-refractivity contribution in [3.8, 4) is 0 Å². The average Bonchev–Trinajstić information content (AvgIpc) is 2.48. The zero-order chi connectivity index (χ0) is 13.1. The van der Waals surface area contributed by atoms with Gasteiger partial charge in [0.1, 0.15) is 6.10 Å². The molecule has 0 aromatic rings. The van der Waals surface area contributed by atoms with E-state index < -0.39 is 6.10 Å². The van der Waals surface area contributed by atoms with E-state index in [0.29, 0.717) is 25.7 Å². The van der Waals surface area contributed by atoms with Crippen molar-refractivity contribution in [3.05, 3.63) is 0 Å². The summed E-state index contributed by atoms with van der Waals surface area (Å²) in [4.78, 5) is 0. The zero-order valence-electron chi connectivity index (χ0n) is 11.7. The van der Waals surface area contributed by atoms with Crippen LogP contribution in [0.4, 0.5) is 0 Å². The zero-order valence-corrected chi connectivity index (χ0v) is 11.7. The molecule has 19 heavy (non-hydrogen) atoms. The molecule has 2 aliphatic heterocycles. The fourth-order valence-corrected chi connectivity index (χ4v) is 3.91. The molecular weight excluding hydrogens is 244 g/mol. The largest absolute Gasteiger partial charge is 0.390 e. The molecule has 0 amide bonds. The Balaban J connectivity index is 1.60. The van der Waals surface area contributed by atoms with E-state index in [2.05, 4.69) is 0 Å². The molecule has 1 spiro atoms. The van der Waals surface area contributed by atoms with E-state index in [4.69, 9.17) is 14.2 Å². The van der Waals surface area contributed by atoms with Crippen LogP contribution in [0.1, 0.15) is 44.9 Å². The van der Waals surface area contributed by atoms with E-state index in [1.54, 1.807) is 0 Å². The summed E-state index contributed by atoms with van der Waals surface area (Å²) >= 11 is 0. The first-order valence-electron chi connectivity index (χ1n) is 7.80. The summed E-state index contributed by atoms with van der Waals surface area (Å²) in [5, 5.41) is 10.6. The summed E-state index contributed by atoms with van der Waals surface area (Å²) in [5.41, 5.74) is 0.0532. The molecule has 110 valence electrons. The van der Waals surface area contributed by atoms with Crippen LogP contribution in [0.25, 0.3) is 0 Å². The lowest BCUT2D eigenvalue weighted by atomic mass is 9.74. The van der Waals surface area contributed by atoms with E-state index in [1.807, 2.05) is 0 Å². The van der Waals surface area contributed by atoms with Crippen molar-refractivity contribution < 1.29 is 19.3 Å². The summed E-state index contributed by atoms with van der Waals surface area (Å²) in [7, 11) is 0. The molecule has 2 saturated heterocycles. The first kappa shape index (κ1) is 13.8. The minimum atomic E-state index is -0.400. The van der Waals surface area contributed by atoms with E-state index in [1.165, 1.54) is 19.3 Å². The topological polar surface area (TPSA) is 47.9 Å². The number of rotatable bonds is 2. The van der Waals surface area contributed by atoms with Gasteiger partial charge in [-0.25, -0.2) is 0 Å². The lowest BCUT2D eigenvalue weighted by Gasteiger charge is -2.45. The first-order chi connectivity index (χ1) is 9.29. The van der Waals surface area contributed by atoms with Crippen molar-refractivity contribution in [1.82, 2.24) is 0 Å². The van der Waals surface area contributed by atoms with Gasteiger partial charge in [-0.15, -0.1) is 0 Å². The molecule has 2 heterocycles. The Labute approximate surface area is 115 Å². The van der Waals surface area contributed by atoms with Crippen molar-refractivity contribution >= 4 is 0 Å². The van der Waals surface area contributed by atoms with E-state index >= 15 is 0 Å². The third-order valence-electron chi connectivity index (χ3n) is 5.00. The summed E-state index contributed by atoms with van der Waals surface area (Å²) in [6, 6.07) is 0. The quantitative estimate of drug-likeness (QED) is 0.832. The predicted octanol–water partition coefficient (Wildman–Crippen LogP) is 1.89. The van der Waals surface area contributed by atoms with Crippen molar-refractivity contribution in [2.75, 3.05) is 26.4 Å². The molecule has 0 aromatic carbocycles. The van der Waals surface area contributed by atoms with Crippen LogP contribution in [0.15, 0.2) is 0 Å². The van der Waals surface area contributed by atoms with Gasteiger partial charge in [-0.05, 0) is 31.6 Å². The van der Waals surface area contributed by atoms with Crippen LogP contribution >= 0.6 is 0 Å². The normalized spacial score (nSPS) is 37.1. The molecule has 1 aliphatic carbocycles. The highest BCUT2D eigenvalue weighted by molar-refractivity contribution is 4.93. The number of hydrogen-bond donors (Lipinski definition) is 1. The number of ether oxygens (including phenoxy) is 3. The Hall–Kier alpha value is -0.160. The standard InChI is InChI=1S/C15H26O4/c16-14(13-11-17-8-9-18-13)12-4-7-19-15(10-12)5-2-1-3-6-15/h12-14,16H,1-11H2. The molecule has 3 fully saturated rings. The minimum Gasteiger partial charge on any atom is -0.390 e. The highest BCUT2D eigenvalue weighted by Gasteiger charge is 2.42. The SMILES string of the molecule is OC(C1CCOC2(CCCCC2)C1)C1COCCO1. The highest BCUT2D eigenvalue weighted by atomic mass is 16.6. The predicted molar refractivity (Wildman–Crippen MR) is 71.1 cm³/mol. The van der Waals surface area contributed by atoms with Crippen LogP contribution in [0.2, 0.25) is 0 Å². The minimum absolute atomic E-state index is 0.0532. The summed E-state index contributed by atoms with van der Waals surface area (Å²) in [6.45, 7) is 2.58. The highest BCUT2D eigenvalue weighted by Crippen LogP contribution is 2.42. The molecule has 0 aromatic heterocycles. The Morgan fingerprint density at radius 3 is 2.63 bits per heavy atom. The van der Waals surface area contributed by atoms with Crippen LogP contribution in [0, 0.1) is 5.92 Å². The van der Waals surface area contributed by atoms with Gasteiger partial charge >= 0.3 is 0 Å². The summed E-state index contributed by atoms with van der Waals surface area (Å²) < 4.78 is 17.2. The van der Waals surface area contributed by atoms with Gasteiger partial charge in [0.05, 0.1) is 31.5 Å². The smallest absolute Gasteiger partial charge is 0.107 e. The van der Waals surface area contributed by atoms with E-state index in [0.717, 1.165) is 32.3 Å². The van der Waals surface area contributed by atoms with Gasteiger partial charge in [0, 0.05) is 6.61 Å². The van der Waals surface area contributed by atoms with E-state index in [9.17, 15) is 5.11 Å². The Morgan fingerprint density at radius 2 is 1.89 bits per heavy atom. The second-order valence-corrected chi connectivity index (χ2v) is 6.32. The van der Waals surface area contributed by atoms with Gasteiger partial charge in [0.25, 0.3) is 0 Å². The van der Waals surface area contributed by atoms with Gasteiger partial charge < -0.3 is 19.3 Å². The lowest BCUT2D eigenvalue weighted by Crippen LogP contribution is -2.49.